The molecule has 1 N–H and O–H groups in total. The minimum atomic E-state index is -0.753. The van der Waals surface area contributed by atoms with Gasteiger partial charge in [0.25, 0.3) is 0 Å². The Morgan fingerprint density at radius 1 is 1.07 bits per heavy atom. The number of hydrogen-bond acceptors (Lipinski definition) is 4. The van der Waals surface area contributed by atoms with E-state index >= 15 is 0 Å². The van der Waals surface area contributed by atoms with Gasteiger partial charge in [0.05, 0.1) is 12.8 Å². The molecule has 9 heteroatoms. The minimum absolute atomic E-state index is 0.0414. The van der Waals surface area contributed by atoms with Crippen LogP contribution in [0.3, 0.4) is 0 Å². The summed E-state index contributed by atoms with van der Waals surface area (Å²) in [5.41, 5.74) is 2.05. The zero-order valence-corrected chi connectivity index (χ0v) is 14.2. The highest BCUT2D eigenvalue weighted by atomic mass is 19.1. The van der Waals surface area contributed by atoms with Gasteiger partial charge in [0.15, 0.2) is 22.3 Å². The van der Waals surface area contributed by atoms with E-state index in [-0.39, 0.29) is 11.1 Å². The lowest BCUT2D eigenvalue weighted by atomic mass is 10.2. The first kappa shape index (κ1) is 17.2. The average molecular weight is 375 g/mol. The van der Waals surface area contributed by atoms with Gasteiger partial charge in [-0.3, -0.25) is 9.98 Å². The molecule has 0 fully saturated rings. The molecule has 2 heterocycles. The average Bonchev–Trinajstić information content (AvgIpc) is 3.13. The van der Waals surface area contributed by atoms with Crippen molar-refractivity contribution < 1.29 is 8.78 Å². The van der Waals surface area contributed by atoms with Gasteiger partial charge < -0.3 is 0 Å². The summed E-state index contributed by atoms with van der Waals surface area (Å²) in [6, 6.07) is 10.0. The van der Waals surface area contributed by atoms with Crippen molar-refractivity contribution in [2.75, 3.05) is 0 Å². The highest BCUT2D eigenvalue weighted by Crippen LogP contribution is 2.18. The Kier molecular flexibility index (Phi) is 4.21. The first-order chi connectivity index (χ1) is 13.6. The summed E-state index contributed by atoms with van der Waals surface area (Å²) >= 11 is 0. The fourth-order valence-corrected chi connectivity index (χ4v) is 2.60. The molecule has 136 valence electrons. The van der Waals surface area contributed by atoms with Gasteiger partial charge in [0.2, 0.25) is 0 Å². The summed E-state index contributed by atoms with van der Waals surface area (Å²) in [5.74, 6) is -1.43. The molecular formula is C19H11F2N7. The predicted octanol–water partition coefficient (Wildman–Crippen LogP) is 3.41. The standard InChI is InChI=1S/C19H11F2N7/c1-23-14-4-6-15(7-5-14)27-10-24-17-18(22)28(11-25-19(17)27)26-9-12-2-3-13(20)8-16(12)21/h2-11,22H/b22-18?,26-9-. The molecule has 0 unspecified atom stereocenters. The van der Waals surface area contributed by atoms with E-state index in [1.807, 2.05) is 0 Å². The van der Waals surface area contributed by atoms with Crippen molar-refractivity contribution in [3.63, 3.8) is 0 Å². The monoisotopic (exact) mass is 375 g/mol. The van der Waals surface area contributed by atoms with Crippen molar-refractivity contribution in [1.82, 2.24) is 19.2 Å². The number of nitrogens with one attached hydrogen (secondary N) is 1. The molecule has 0 saturated carbocycles. The molecule has 2 aromatic carbocycles. The summed E-state index contributed by atoms with van der Waals surface area (Å²) < 4.78 is 29.5. The van der Waals surface area contributed by atoms with Gasteiger partial charge in [-0.2, -0.15) is 5.10 Å². The summed E-state index contributed by atoms with van der Waals surface area (Å²) in [5, 5.41) is 12.3. The van der Waals surface area contributed by atoms with Crippen LogP contribution >= 0.6 is 0 Å². The van der Waals surface area contributed by atoms with Crippen LogP contribution < -0.4 is 5.49 Å². The largest absolute Gasteiger partial charge is 0.283 e. The number of benzene rings is 2. The maximum atomic E-state index is 13.7. The SMILES string of the molecule is [C-]#[N+]c1ccc(-n2cnc3c(=N)n(/N=C\c4ccc(F)cc4F)cnc32)cc1. The second-order valence-electron chi connectivity index (χ2n) is 5.76. The van der Waals surface area contributed by atoms with Crippen LogP contribution in [0.25, 0.3) is 21.7 Å². The van der Waals surface area contributed by atoms with Gasteiger partial charge in [-0.1, -0.05) is 12.1 Å². The lowest BCUT2D eigenvalue weighted by molar-refractivity contribution is 0.582. The Bertz CT molecular complexity index is 1310. The third kappa shape index (κ3) is 3.03. The molecule has 28 heavy (non-hydrogen) atoms. The second-order valence-corrected chi connectivity index (χ2v) is 5.76. The number of nitrogens with zero attached hydrogens (tertiary/aromatic N) is 6. The topological polar surface area (TPSA) is 76.2 Å². The van der Waals surface area contributed by atoms with Crippen molar-refractivity contribution in [1.29, 1.82) is 5.41 Å². The fourth-order valence-electron chi connectivity index (χ4n) is 2.60. The second kappa shape index (κ2) is 6.85. The Labute approximate surface area is 157 Å². The lowest BCUT2D eigenvalue weighted by Gasteiger charge is -2.04. The van der Waals surface area contributed by atoms with Crippen LogP contribution in [-0.2, 0) is 0 Å². The number of aromatic nitrogens is 4. The number of halogens is 2. The van der Waals surface area contributed by atoms with Gasteiger partial charge in [-0.25, -0.2) is 28.3 Å². The molecule has 0 atom stereocenters. The normalized spacial score (nSPS) is 11.2. The van der Waals surface area contributed by atoms with E-state index in [1.165, 1.54) is 24.9 Å². The van der Waals surface area contributed by atoms with E-state index < -0.39 is 11.6 Å². The molecule has 0 amide bonds. The molecule has 0 aliphatic heterocycles. The van der Waals surface area contributed by atoms with Crippen LogP contribution in [0.15, 0.2) is 60.2 Å². The molecule has 0 saturated heterocycles. The van der Waals surface area contributed by atoms with Crippen LogP contribution in [0.2, 0.25) is 0 Å². The highest BCUT2D eigenvalue weighted by molar-refractivity contribution is 5.80. The third-order valence-corrected chi connectivity index (χ3v) is 4.03. The molecule has 7 nitrogen and oxygen atoms in total. The Hall–Kier alpha value is -4.19. The fraction of sp³-hybridized carbons (Fsp3) is 0. The van der Waals surface area contributed by atoms with Gasteiger partial charge >= 0.3 is 0 Å². The van der Waals surface area contributed by atoms with E-state index in [1.54, 1.807) is 28.8 Å². The van der Waals surface area contributed by atoms with Crippen molar-refractivity contribution >= 4 is 23.1 Å². The maximum Gasteiger partial charge on any atom is 0.187 e. The number of fused-ring (bicyclic) bond motifs is 1. The molecule has 4 rings (SSSR count). The summed E-state index contributed by atoms with van der Waals surface area (Å²) in [6.45, 7) is 7.01. The molecule has 0 radical (unpaired) electrons. The van der Waals surface area contributed by atoms with Gasteiger partial charge in [0, 0.05) is 17.3 Å². The van der Waals surface area contributed by atoms with Crippen molar-refractivity contribution in [3.8, 4) is 5.69 Å². The summed E-state index contributed by atoms with van der Waals surface area (Å²) in [4.78, 5) is 11.9. The van der Waals surface area contributed by atoms with Gasteiger partial charge in [-0.05, 0) is 24.3 Å². The molecule has 4 aromatic rings. The van der Waals surface area contributed by atoms with Crippen LogP contribution in [0.5, 0.6) is 0 Å². The van der Waals surface area contributed by atoms with E-state index in [0.717, 1.165) is 22.5 Å². The number of hydrogen-bond donors (Lipinski definition) is 1. The van der Waals surface area contributed by atoms with Crippen LogP contribution in [-0.4, -0.2) is 25.4 Å². The quantitative estimate of drug-likeness (QED) is 0.440. The Morgan fingerprint density at radius 2 is 1.86 bits per heavy atom. The number of imidazole rings is 1. The predicted molar refractivity (Wildman–Crippen MR) is 98.3 cm³/mol. The minimum Gasteiger partial charge on any atom is -0.283 e. The van der Waals surface area contributed by atoms with E-state index in [4.69, 9.17) is 12.0 Å². The highest BCUT2D eigenvalue weighted by Gasteiger charge is 2.10. The van der Waals surface area contributed by atoms with Crippen molar-refractivity contribution in [3.05, 3.63) is 89.2 Å². The molecule has 0 aliphatic carbocycles. The smallest absolute Gasteiger partial charge is 0.187 e. The first-order valence-electron chi connectivity index (χ1n) is 8.03. The first-order valence-corrected chi connectivity index (χ1v) is 8.03. The number of rotatable bonds is 3. The summed E-state index contributed by atoms with van der Waals surface area (Å²) in [7, 11) is 0. The van der Waals surface area contributed by atoms with Crippen LogP contribution in [0, 0.1) is 23.6 Å². The van der Waals surface area contributed by atoms with Gasteiger partial charge in [0.1, 0.15) is 24.3 Å². The molecule has 0 aliphatic rings. The zero-order valence-electron chi connectivity index (χ0n) is 14.2. The molecule has 0 spiro atoms. The van der Waals surface area contributed by atoms with Crippen LogP contribution in [0.4, 0.5) is 14.5 Å². The van der Waals surface area contributed by atoms with E-state index in [2.05, 4.69) is 19.9 Å². The van der Waals surface area contributed by atoms with E-state index in [0.29, 0.717) is 16.9 Å². The zero-order chi connectivity index (χ0) is 19.7. The maximum absolute atomic E-state index is 13.7. The molecular weight excluding hydrogens is 364 g/mol. The summed E-state index contributed by atoms with van der Waals surface area (Å²) in [6.07, 6.45) is 4.02. The third-order valence-electron chi connectivity index (χ3n) is 4.03. The van der Waals surface area contributed by atoms with Crippen LogP contribution in [0.1, 0.15) is 5.56 Å². The lowest BCUT2D eigenvalue weighted by Crippen LogP contribution is -2.18. The Balaban J connectivity index is 1.73. The Morgan fingerprint density at radius 3 is 2.57 bits per heavy atom. The van der Waals surface area contributed by atoms with Crippen molar-refractivity contribution in [2.45, 2.75) is 0 Å². The van der Waals surface area contributed by atoms with Crippen molar-refractivity contribution in [2.24, 2.45) is 5.10 Å². The molecule has 0 bridgehead atoms. The van der Waals surface area contributed by atoms with E-state index in [9.17, 15) is 8.78 Å². The van der Waals surface area contributed by atoms with Gasteiger partial charge in [-0.15, -0.1) is 0 Å². The molecule has 2 aromatic heterocycles.